The summed E-state index contributed by atoms with van der Waals surface area (Å²) in [5.41, 5.74) is 0.965. The first-order chi connectivity index (χ1) is 11.7. The van der Waals surface area contributed by atoms with Crippen LogP contribution in [0.4, 0.5) is 0 Å². The summed E-state index contributed by atoms with van der Waals surface area (Å²) in [6.45, 7) is 11.7. The SMILES string of the molecule is CC(C)(C)[Si](C)(C)O[C@H]1C2O[C@H](c3ccccc3)OC[C@H]2OC[C@@H]1O. The minimum Gasteiger partial charge on any atom is -0.408 e. The largest absolute Gasteiger partial charge is 0.408 e. The third kappa shape index (κ3) is 3.99. The van der Waals surface area contributed by atoms with Gasteiger partial charge in [-0.05, 0) is 18.1 Å². The van der Waals surface area contributed by atoms with Crippen molar-refractivity contribution in [1.82, 2.24) is 0 Å². The summed E-state index contributed by atoms with van der Waals surface area (Å²) in [5.74, 6) is 0. The van der Waals surface area contributed by atoms with E-state index in [4.69, 9.17) is 18.6 Å². The van der Waals surface area contributed by atoms with Crippen molar-refractivity contribution in [2.45, 2.75) is 69.6 Å². The van der Waals surface area contributed by atoms with Crippen molar-refractivity contribution in [2.24, 2.45) is 0 Å². The van der Waals surface area contributed by atoms with Gasteiger partial charge in [-0.25, -0.2) is 0 Å². The number of aliphatic hydroxyl groups is 1. The van der Waals surface area contributed by atoms with E-state index in [1.54, 1.807) is 0 Å². The minimum atomic E-state index is -2.05. The van der Waals surface area contributed by atoms with Gasteiger partial charge in [-0.2, -0.15) is 0 Å². The fourth-order valence-electron chi connectivity index (χ4n) is 2.96. The van der Waals surface area contributed by atoms with Gasteiger partial charge in [-0.3, -0.25) is 0 Å². The van der Waals surface area contributed by atoms with E-state index in [-0.39, 0.29) is 23.9 Å². The van der Waals surface area contributed by atoms with E-state index in [0.29, 0.717) is 6.61 Å². The molecule has 1 aromatic carbocycles. The van der Waals surface area contributed by atoms with E-state index in [2.05, 4.69) is 33.9 Å². The van der Waals surface area contributed by atoms with Gasteiger partial charge in [-0.15, -0.1) is 0 Å². The molecule has 25 heavy (non-hydrogen) atoms. The van der Waals surface area contributed by atoms with Crippen molar-refractivity contribution in [3.05, 3.63) is 35.9 Å². The van der Waals surface area contributed by atoms with E-state index >= 15 is 0 Å². The summed E-state index contributed by atoms with van der Waals surface area (Å²) >= 11 is 0. The molecule has 2 fully saturated rings. The standard InChI is InChI=1S/C19H30O5Si/c1-19(2,3)25(4,5)24-16-14(20)11-21-15-12-22-18(23-17(15)16)13-9-7-6-8-10-13/h6-10,14-18,20H,11-12H2,1-5H3/t14-,15+,16+,17?,18+/m0/s1. The average Bonchev–Trinajstić information content (AvgIpc) is 2.57. The summed E-state index contributed by atoms with van der Waals surface area (Å²) in [5, 5.41) is 10.6. The molecule has 1 N–H and O–H groups in total. The van der Waals surface area contributed by atoms with Gasteiger partial charge >= 0.3 is 0 Å². The van der Waals surface area contributed by atoms with Crippen LogP contribution in [-0.4, -0.2) is 51.1 Å². The summed E-state index contributed by atoms with van der Waals surface area (Å²) in [7, 11) is -2.05. The molecule has 2 aliphatic heterocycles. The lowest BCUT2D eigenvalue weighted by atomic mass is 9.99. The molecule has 0 radical (unpaired) electrons. The van der Waals surface area contributed by atoms with Gasteiger partial charge in [0.05, 0.1) is 13.2 Å². The van der Waals surface area contributed by atoms with Crippen molar-refractivity contribution < 1.29 is 23.7 Å². The lowest BCUT2D eigenvalue weighted by molar-refractivity contribution is -0.311. The first-order valence-corrected chi connectivity index (χ1v) is 11.9. The van der Waals surface area contributed by atoms with Crippen LogP contribution < -0.4 is 0 Å². The van der Waals surface area contributed by atoms with Gasteiger partial charge in [0.15, 0.2) is 14.6 Å². The van der Waals surface area contributed by atoms with Gasteiger partial charge in [0.1, 0.15) is 24.4 Å². The predicted octanol–water partition coefficient (Wildman–Crippen LogP) is 3.25. The smallest absolute Gasteiger partial charge is 0.192 e. The first-order valence-electron chi connectivity index (χ1n) is 8.98. The lowest BCUT2D eigenvalue weighted by Crippen LogP contribution is -2.62. The summed E-state index contributed by atoms with van der Waals surface area (Å²) in [4.78, 5) is 0. The average molecular weight is 367 g/mol. The Hall–Kier alpha value is -0.763. The Bertz CT molecular complexity index is 571. The molecule has 0 saturated carbocycles. The molecule has 5 nitrogen and oxygen atoms in total. The predicted molar refractivity (Wildman–Crippen MR) is 97.8 cm³/mol. The second kappa shape index (κ2) is 7.10. The van der Waals surface area contributed by atoms with Crippen LogP contribution in [0.25, 0.3) is 0 Å². The van der Waals surface area contributed by atoms with Crippen LogP contribution in [0.15, 0.2) is 30.3 Å². The van der Waals surface area contributed by atoms with E-state index in [0.717, 1.165) is 5.56 Å². The van der Waals surface area contributed by atoms with E-state index in [1.807, 2.05) is 30.3 Å². The van der Waals surface area contributed by atoms with Crippen molar-refractivity contribution in [1.29, 1.82) is 0 Å². The summed E-state index contributed by atoms with van der Waals surface area (Å²) in [6.07, 6.45) is -2.09. The zero-order valence-corrected chi connectivity index (χ0v) is 16.8. The fourth-order valence-corrected chi connectivity index (χ4v) is 4.29. The molecule has 140 valence electrons. The number of ether oxygens (including phenoxy) is 3. The van der Waals surface area contributed by atoms with E-state index in [1.165, 1.54) is 0 Å². The van der Waals surface area contributed by atoms with Crippen molar-refractivity contribution in [3.63, 3.8) is 0 Å². The van der Waals surface area contributed by atoms with Crippen LogP contribution in [0.3, 0.4) is 0 Å². The Kier molecular flexibility index (Phi) is 5.40. The molecule has 0 aliphatic carbocycles. The molecule has 0 aromatic heterocycles. The molecule has 0 bridgehead atoms. The van der Waals surface area contributed by atoms with Gasteiger partial charge in [0, 0.05) is 5.56 Å². The monoisotopic (exact) mass is 366 g/mol. The number of rotatable bonds is 3. The second-order valence-corrected chi connectivity index (χ2v) is 13.2. The Balaban J connectivity index is 1.79. The number of aliphatic hydroxyl groups excluding tert-OH is 1. The highest BCUT2D eigenvalue weighted by Gasteiger charge is 2.50. The third-order valence-corrected chi connectivity index (χ3v) is 10.0. The van der Waals surface area contributed by atoms with Gasteiger partial charge in [0.25, 0.3) is 0 Å². The first kappa shape index (κ1) is 19.0. The zero-order chi connectivity index (χ0) is 18.2. The molecule has 5 atom stereocenters. The maximum atomic E-state index is 10.5. The zero-order valence-electron chi connectivity index (χ0n) is 15.8. The molecule has 0 spiro atoms. The van der Waals surface area contributed by atoms with Crippen LogP contribution in [0.2, 0.25) is 18.1 Å². The Morgan fingerprint density at radius 3 is 2.40 bits per heavy atom. The quantitative estimate of drug-likeness (QED) is 0.832. The van der Waals surface area contributed by atoms with Crippen molar-refractivity contribution in [3.8, 4) is 0 Å². The maximum Gasteiger partial charge on any atom is 0.192 e. The molecule has 2 heterocycles. The van der Waals surface area contributed by atoms with Gasteiger partial charge in [0.2, 0.25) is 0 Å². The van der Waals surface area contributed by atoms with Crippen LogP contribution >= 0.6 is 0 Å². The highest BCUT2D eigenvalue weighted by Crippen LogP contribution is 2.40. The van der Waals surface area contributed by atoms with Crippen LogP contribution in [0.5, 0.6) is 0 Å². The van der Waals surface area contributed by atoms with E-state index in [9.17, 15) is 5.11 Å². The Labute approximate surface area is 151 Å². The minimum absolute atomic E-state index is 0.0600. The number of fused-ring (bicyclic) bond motifs is 1. The normalized spacial score (nSPS) is 33.8. The lowest BCUT2D eigenvalue weighted by Gasteiger charge is -2.49. The highest BCUT2D eigenvalue weighted by atomic mass is 28.4. The number of benzene rings is 1. The summed E-state index contributed by atoms with van der Waals surface area (Å²) < 4.78 is 24.3. The summed E-state index contributed by atoms with van der Waals surface area (Å²) in [6, 6.07) is 9.85. The van der Waals surface area contributed by atoms with E-state index < -0.39 is 26.8 Å². The van der Waals surface area contributed by atoms with Crippen LogP contribution in [0, 0.1) is 0 Å². The highest BCUT2D eigenvalue weighted by molar-refractivity contribution is 6.74. The molecule has 6 heteroatoms. The molecular weight excluding hydrogens is 336 g/mol. The Morgan fingerprint density at radius 1 is 1.08 bits per heavy atom. The van der Waals surface area contributed by atoms with Crippen LogP contribution in [-0.2, 0) is 18.6 Å². The van der Waals surface area contributed by atoms with Gasteiger partial charge < -0.3 is 23.7 Å². The topological polar surface area (TPSA) is 57.2 Å². The molecule has 0 amide bonds. The second-order valence-electron chi connectivity index (χ2n) is 8.46. The number of hydrogen-bond donors (Lipinski definition) is 1. The van der Waals surface area contributed by atoms with Crippen molar-refractivity contribution in [2.75, 3.05) is 13.2 Å². The molecule has 1 unspecified atom stereocenters. The molecule has 3 rings (SSSR count). The molecule has 1 aromatic rings. The number of hydrogen-bond acceptors (Lipinski definition) is 5. The Morgan fingerprint density at radius 2 is 1.76 bits per heavy atom. The molecule has 2 saturated heterocycles. The fraction of sp³-hybridized carbons (Fsp3) is 0.684. The molecule has 2 aliphatic rings. The van der Waals surface area contributed by atoms with Crippen LogP contribution in [0.1, 0.15) is 32.6 Å². The molecular formula is C19H30O5Si. The van der Waals surface area contributed by atoms with Crippen molar-refractivity contribution >= 4 is 8.32 Å². The maximum absolute atomic E-state index is 10.5. The third-order valence-electron chi connectivity index (χ3n) is 5.55. The van der Waals surface area contributed by atoms with Gasteiger partial charge in [-0.1, -0.05) is 51.1 Å².